The largest absolute Gasteiger partial charge is 0.382 e. The summed E-state index contributed by atoms with van der Waals surface area (Å²) < 4.78 is 36.6. The van der Waals surface area contributed by atoms with E-state index >= 15 is 0 Å². The van der Waals surface area contributed by atoms with Crippen LogP contribution >= 0.6 is 10.7 Å². The zero-order chi connectivity index (χ0) is 12.4. The van der Waals surface area contributed by atoms with Crippen LogP contribution in [0.1, 0.15) is 12.8 Å². The first-order chi connectivity index (χ1) is 7.49. The number of unbranched alkanes of at least 4 members (excludes halogenated alkanes) is 1. The monoisotopic (exact) mass is 274 g/mol. The van der Waals surface area contributed by atoms with Gasteiger partial charge in [0.15, 0.2) is 0 Å². The van der Waals surface area contributed by atoms with Gasteiger partial charge in [0.1, 0.15) is 6.10 Å². The average molecular weight is 275 g/mol. The minimum Gasteiger partial charge on any atom is -0.382 e. The van der Waals surface area contributed by atoms with Gasteiger partial charge in [-0.05, 0) is 12.8 Å². The Kier molecular flexibility index (Phi) is 9.25. The van der Waals surface area contributed by atoms with Crippen LogP contribution in [0.3, 0.4) is 0 Å². The van der Waals surface area contributed by atoms with Crippen molar-refractivity contribution >= 4 is 19.7 Å². The zero-order valence-electron chi connectivity index (χ0n) is 9.65. The normalized spacial score (nSPS) is 12.2. The Morgan fingerprint density at radius 3 is 2.12 bits per heavy atom. The number of halogens is 1. The van der Waals surface area contributed by atoms with Gasteiger partial charge < -0.3 is 14.2 Å². The number of hydrogen-bond acceptors (Lipinski definition) is 5. The van der Waals surface area contributed by atoms with E-state index in [9.17, 15) is 8.42 Å². The molecule has 98 valence electrons. The molecule has 0 aromatic heterocycles. The van der Waals surface area contributed by atoms with Gasteiger partial charge in [-0.1, -0.05) is 0 Å². The van der Waals surface area contributed by atoms with E-state index in [0.29, 0.717) is 32.7 Å². The van der Waals surface area contributed by atoms with Crippen LogP contribution in [0.5, 0.6) is 0 Å². The highest BCUT2D eigenvalue weighted by Crippen LogP contribution is 2.03. The van der Waals surface area contributed by atoms with Crippen molar-refractivity contribution in [3.63, 3.8) is 0 Å². The van der Waals surface area contributed by atoms with Crippen molar-refractivity contribution in [3.05, 3.63) is 0 Å². The van der Waals surface area contributed by atoms with E-state index in [4.69, 9.17) is 24.9 Å². The molecule has 0 saturated heterocycles. The maximum atomic E-state index is 10.6. The molecule has 0 N–H and O–H groups in total. The van der Waals surface area contributed by atoms with Gasteiger partial charge in [0.25, 0.3) is 0 Å². The lowest BCUT2D eigenvalue weighted by atomic mass is 10.3. The molecule has 0 aromatic rings. The van der Waals surface area contributed by atoms with Crippen LogP contribution in [0.15, 0.2) is 0 Å². The van der Waals surface area contributed by atoms with E-state index in [0.717, 1.165) is 0 Å². The molecule has 0 rings (SSSR count). The predicted octanol–water partition coefficient (Wildman–Crippen LogP) is 1.01. The Morgan fingerprint density at radius 2 is 1.69 bits per heavy atom. The quantitative estimate of drug-likeness (QED) is 0.440. The van der Waals surface area contributed by atoms with Crippen LogP contribution in [0, 0.1) is 0 Å². The van der Waals surface area contributed by atoms with Crippen LogP contribution < -0.4 is 0 Å². The van der Waals surface area contributed by atoms with E-state index in [1.165, 1.54) is 0 Å². The molecule has 5 nitrogen and oxygen atoms in total. The van der Waals surface area contributed by atoms with Gasteiger partial charge in [0, 0.05) is 31.5 Å². The zero-order valence-corrected chi connectivity index (χ0v) is 11.2. The molecule has 0 aromatic carbocycles. The Labute approximate surface area is 101 Å². The SMILES string of the molecule is COCC(COC)OCCCCS(=O)(=O)Cl. The first-order valence-electron chi connectivity index (χ1n) is 5.01. The highest BCUT2D eigenvalue weighted by molar-refractivity contribution is 8.13. The smallest absolute Gasteiger partial charge is 0.232 e. The highest BCUT2D eigenvalue weighted by atomic mass is 35.7. The molecular weight excluding hydrogens is 256 g/mol. The van der Waals surface area contributed by atoms with Gasteiger partial charge in [0.2, 0.25) is 9.05 Å². The Hall–Kier alpha value is 0.120. The first-order valence-corrected chi connectivity index (χ1v) is 7.49. The van der Waals surface area contributed by atoms with E-state index in [2.05, 4.69) is 0 Å². The van der Waals surface area contributed by atoms with E-state index < -0.39 is 9.05 Å². The molecule has 16 heavy (non-hydrogen) atoms. The first kappa shape index (κ1) is 16.1. The standard InChI is InChI=1S/C9H19ClO5S/c1-13-7-9(8-14-2)15-5-3-4-6-16(10,11)12/h9H,3-8H2,1-2H3. The van der Waals surface area contributed by atoms with Gasteiger partial charge in [0.05, 0.1) is 19.0 Å². The second kappa shape index (κ2) is 9.18. The van der Waals surface area contributed by atoms with Crippen molar-refractivity contribution in [1.29, 1.82) is 0 Å². The Balaban J connectivity index is 3.54. The molecule has 0 amide bonds. The van der Waals surface area contributed by atoms with Crippen LogP contribution in [-0.4, -0.2) is 54.3 Å². The van der Waals surface area contributed by atoms with Crippen LogP contribution in [0.25, 0.3) is 0 Å². The third-order valence-electron chi connectivity index (χ3n) is 1.84. The minimum atomic E-state index is -3.38. The van der Waals surface area contributed by atoms with Crippen LogP contribution in [0.4, 0.5) is 0 Å². The third kappa shape index (κ3) is 10.6. The minimum absolute atomic E-state index is 0.0167. The molecule has 0 bridgehead atoms. The molecule has 0 saturated carbocycles. The topological polar surface area (TPSA) is 61.8 Å². The maximum Gasteiger partial charge on any atom is 0.232 e. The predicted molar refractivity (Wildman–Crippen MR) is 62.4 cm³/mol. The lowest BCUT2D eigenvalue weighted by molar-refractivity contribution is -0.0418. The fraction of sp³-hybridized carbons (Fsp3) is 1.00. The summed E-state index contributed by atoms with van der Waals surface area (Å²) in [5.74, 6) is -0.0167. The van der Waals surface area contributed by atoms with Crippen LogP contribution in [-0.2, 0) is 23.3 Å². The molecule has 7 heteroatoms. The second-order valence-corrected chi connectivity index (χ2v) is 6.25. The molecule has 0 radical (unpaired) electrons. The van der Waals surface area contributed by atoms with Crippen molar-refractivity contribution in [1.82, 2.24) is 0 Å². The van der Waals surface area contributed by atoms with Crippen molar-refractivity contribution in [2.45, 2.75) is 18.9 Å². The summed E-state index contributed by atoms with van der Waals surface area (Å²) in [6, 6.07) is 0. The molecule has 0 aliphatic heterocycles. The Morgan fingerprint density at radius 1 is 1.12 bits per heavy atom. The molecule has 0 atom stereocenters. The number of methoxy groups -OCH3 is 2. The second-order valence-electron chi connectivity index (χ2n) is 3.35. The third-order valence-corrected chi connectivity index (χ3v) is 3.08. The van der Waals surface area contributed by atoms with Crippen molar-refractivity contribution in [2.75, 3.05) is 39.8 Å². The van der Waals surface area contributed by atoms with Gasteiger partial charge in [-0.15, -0.1) is 0 Å². The summed E-state index contributed by atoms with van der Waals surface area (Å²) in [5, 5.41) is 0. The van der Waals surface area contributed by atoms with Gasteiger partial charge in [-0.2, -0.15) is 0 Å². The van der Waals surface area contributed by atoms with E-state index in [-0.39, 0.29) is 11.9 Å². The number of ether oxygens (including phenoxy) is 3. The molecule has 0 unspecified atom stereocenters. The molecule has 0 aliphatic carbocycles. The van der Waals surface area contributed by atoms with Crippen molar-refractivity contribution in [3.8, 4) is 0 Å². The summed E-state index contributed by atoms with van der Waals surface area (Å²) in [6.45, 7) is 1.40. The van der Waals surface area contributed by atoms with E-state index in [1.54, 1.807) is 14.2 Å². The number of hydrogen-bond donors (Lipinski definition) is 0. The maximum absolute atomic E-state index is 10.6. The van der Waals surface area contributed by atoms with Crippen molar-refractivity contribution in [2.24, 2.45) is 0 Å². The number of rotatable bonds is 10. The summed E-state index contributed by atoms with van der Waals surface area (Å²) in [5.41, 5.74) is 0. The van der Waals surface area contributed by atoms with E-state index in [1.807, 2.05) is 0 Å². The van der Waals surface area contributed by atoms with Crippen LogP contribution in [0.2, 0.25) is 0 Å². The lowest BCUT2D eigenvalue weighted by Crippen LogP contribution is -2.25. The van der Waals surface area contributed by atoms with Gasteiger partial charge in [-0.25, -0.2) is 8.42 Å². The summed E-state index contributed by atoms with van der Waals surface area (Å²) in [7, 11) is 4.87. The molecule has 0 aliphatic rings. The van der Waals surface area contributed by atoms with Gasteiger partial charge in [-0.3, -0.25) is 0 Å². The summed E-state index contributed by atoms with van der Waals surface area (Å²) in [4.78, 5) is 0. The van der Waals surface area contributed by atoms with Gasteiger partial charge >= 0.3 is 0 Å². The highest BCUT2D eigenvalue weighted by Gasteiger charge is 2.09. The molecule has 0 heterocycles. The summed E-state index contributed by atoms with van der Waals surface area (Å²) >= 11 is 0. The average Bonchev–Trinajstić information content (AvgIpc) is 2.16. The molecule has 0 spiro atoms. The lowest BCUT2D eigenvalue weighted by Gasteiger charge is -2.15. The molecular formula is C9H19ClO5S. The summed E-state index contributed by atoms with van der Waals surface area (Å²) in [6.07, 6.45) is 1.04. The fourth-order valence-electron chi connectivity index (χ4n) is 1.14. The molecule has 0 fully saturated rings. The Bertz CT molecular complexity index is 249. The fourth-order valence-corrected chi connectivity index (χ4v) is 2.02. The van der Waals surface area contributed by atoms with Crippen molar-refractivity contribution < 1.29 is 22.6 Å².